The van der Waals surface area contributed by atoms with Gasteiger partial charge in [0.1, 0.15) is 12.6 Å². The molecular weight excluding hydrogens is 356 g/mol. The smallest absolute Gasteiger partial charge is 0.202 e. The molecule has 2 aromatic carbocycles. The van der Waals surface area contributed by atoms with Crippen molar-refractivity contribution in [2.24, 2.45) is 0 Å². The first-order valence-electron chi connectivity index (χ1n) is 9.19. The van der Waals surface area contributed by atoms with E-state index < -0.39 is 0 Å². The highest BCUT2D eigenvalue weighted by Crippen LogP contribution is 2.42. The monoisotopic (exact) mass is 383 g/mol. The number of hydrogen-bond donors (Lipinski definition) is 0. The van der Waals surface area contributed by atoms with E-state index in [1.165, 1.54) is 0 Å². The number of fused-ring (bicyclic) bond motifs is 1. The molecule has 2 unspecified atom stereocenters. The maximum atomic E-state index is 10.0. The minimum atomic E-state index is -0.295. The fourth-order valence-corrected chi connectivity index (χ4v) is 4.02. The third kappa shape index (κ3) is 3.46. The van der Waals surface area contributed by atoms with Crippen molar-refractivity contribution in [1.82, 2.24) is 0 Å². The Morgan fingerprint density at radius 1 is 0.929 bits per heavy atom. The van der Waals surface area contributed by atoms with Crippen molar-refractivity contribution in [2.75, 3.05) is 42.0 Å². The Hall–Kier alpha value is -2.91. The third-order valence-corrected chi connectivity index (χ3v) is 5.57. The molecule has 1 aliphatic heterocycles. The molecule has 6 nitrogen and oxygen atoms in total. The molecule has 0 radical (unpaired) electrons. The Balaban J connectivity index is 1.98. The molecule has 0 fully saturated rings. The van der Waals surface area contributed by atoms with Gasteiger partial charge in [0.15, 0.2) is 23.0 Å². The summed E-state index contributed by atoms with van der Waals surface area (Å²) in [6.45, 7) is 1.57. The van der Waals surface area contributed by atoms with Gasteiger partial charge in [0.25, 0.3) is 0 Å². The van der Waals surface area contributed by atoms with E-state index in [0.717, 1.165) is 29.7 Å². The third-order valence-electron chi connectivity index (χ3n) is 5.57. The largest absolute Gasteiger partial charge is 0.493 e. The van der Waals surface area contributed by atoms with E-state index >= 15 is 0 Å². The average molecular weight is 383 g/mol. The van der Waals surface area contributed by atoms with E-state index in [4.69, 9.17) is 18.9 Å². The summed E-state index contributed by atoms with van der Waals surface area (Å²) in [5.41, 5.74) is 3.26. The molecule has 148 valence electrons. The van der Waals surface area contributed by atoms with Crippen molar-refractivity contribution in [3.8, 4) is 29.1 Å². The lowest BCUT2D eigenvalue weighted by Crippen LogP contribution is -2.50. The van der Waals surface area contributed by atoms with E-state index in [2.05, 4.69) is 13.1 Å². The number of ether oxygens (including phenoxy) is 4. The molecule has 0 amide bonds. The summed E-state index contributed by atoms with van der Waals surface area (Å²) < 4.78 is 22.3. The summed E-state index contributed by atoms with van der Waals surface area (Å²) in [5.74, 6) is 2.76. The van der Waals surface area contributed by atoms with Crippen LogP contribution in [0.25, 0.3) is 0 Å². The Morgan fingerprint density at radius 3 is 2.14 bits per heavy atom. The van der Waals surface area contributed by atoms with Crippen LogP contribution in [-0.2, 0) is 13.0 Å². The molecular formula is C22H27N2O4+. The molecule has 0 saturated carbocycles. The Kier molecular flexibility index (Phi) is 5.66. The number of nitriles is 1. The Morgan fingerprint density at radius 2 is 1.54 bits per heavy atom. The number of rotatable bonds is 6. The molecule has 0 N–H and O–H groups in total. The van der Waals surface area contributed by atoms with Crippen molar-refractivity contribution in [3.05, 3.63) is 47.0 Å². The van der Waals surface area contributed by atoms with E-state index in [9.17, 15) is 5.26 Å². The molecule has 1 heterocycles. The van der Waals surface area contributed by atoms with Crippen LogP contribution in [0.4, 0.5) is 0 Å². The molecule has 3 rings (SSSR count). The summed E-state index contributed by atoms with van der Waals surface area (Å²) in [6.07, 6.45) is 0.873. The van der Waals surface area contributed by atoms with Gasteiger partial charge in [-0.15, -0.1) is 0 Å². The van der Waals surface area contributed by atoms with Crippen LogP contribution in [-0.4, -0.2) is 46.5 Å². The molecule has 6 heteroatoms. The molecule has 0 aliphatic carbocycles. The first-order chi connectivity index (χ1) is 13.5. The zero-order valence-corrected chi connectivity index (χ0v) is 17.1. The molecule has 0 saturated heterocycles. The lowest BCUT2D eigenvalue weighted by molar-refractivity contribution is -0.946. The van der Waals surface area contributed by atoms with Crippen LogP contribution in [0.5, 0.6) is 23.0 Å². The van der Waals surface area contributed by atoms with Crippen LogP contribution in [0.15, 0.2) is 30.3 Å². The van der Waals surface area contributed by atoms with Gasteiger partial charge in [-0.05, 0) is 35.9 Å². The highest BCUT2D eigenvalue weighted by molar-refractivity contribution is 5.50. The average Bonchev–Trinajstić information content (AvgIpc) is 2.72. The summed E-state index contributed by atoms with van der Waals surface area (Å²) >= 11 is 0. The Labute approximate surface area is 166 Å². The topological polar surface area (TPSA) is 60.7 Å². The summed E-state index contributed by atoms with van der Waals surface area (Å²) in [7, 11) is 8.63. The zero-order chi connectivity index (χ0) is 20.3. The maximum Gasteiger partial charge on any atom is 0.202 e. The summed E-state index contributed by atoms with van der Waals surface area (Å²) in [6, 6.07) is 12.1. The van der Waals surface area contributed by atoms with E-state index in [1.807, 2.05) is 30.3 Å². The number of methoxy groups -OCH3 is 4. The first kappa shape index (κ1) is 19.8. The van der Waals surface area contributed by atoms with Crippen molar-refractivity contribution < 1.29 is 23.4 Å². The van der Waals surface area contributed by atoms with Crippen molar-refractivity contribution >= 4 is 0 Å². The predicted molar refractivity (Wildman–Crippen MR) is 106 cm³/mol. The van der Waals surface area contributed by atoms with E-state index in [0.29, 0.717) is 34.0 Å². The molecule has 0 spiro atoms. The number of hydrogen-bond acceptors (Lipinski definition) is 5. The van der Waals surface area contributed by atoms with E-state index in [-0.39, 0.29) is 6.04 Å². The van der Waals surface area contributed by atoms with Crippen molar-refractivity contribution in [2.45, 2.75) is 19.0 Å². The van der Waals surface area contributed by atoms with Gasteiger partial charge in [-0.1, -0.05) is 0 Å². The lowest BCUT2D eigenvalue weighted by Gasteiger charge is -2.42. The quantitative estimate of drug-likeness (QED) is 0.715. The normalized spacial score (nSPS) is 20.6. The van der Waals surface area contributed by atoms with Gasteiger partial charge in [0, 0.05) is 17.5 Å². The minimum Gasteiger partial charge on any atom is -0.493 e. The summed E-state index contributed by atoms with van der Waals surface area (Å²) in [4.78, 5) is 0. The van der Waals surface area contributed by atoms with Crippen LogP contribution in [0, 0.1) is 11.3 Å². The summed E-state index contributed by atoms with van der Waals surface area (Å²) in [5, 5.41) is 10.0. The second-order valence-electron chi connectivity index (χ2n) is 7.24. The standard InChI is InChI=1S/C22H27N2O4/c1-24(14-15-6-7-19(25-2)20(10-15)26-3)9-8-16-11-21(27-4)22(28-5)12-17(16)18(24)13-23/h6-7,10-12,18H,8-9,14H2,1-5H3/q+1. The highest BCUT2D eigenvalue weighted by atomic mass is 16.5. The second-order valence-corrected chi connectivity index (χ2v) is 7.24. The van der Waals surface area contributed by atoms with Gasteiger partial charge in [0.05, 0.1) is 42.0 Å². The molecule has 2 aromatic rings. The predicted octanol–water partition coefficient (Wildman–Crippen LogP) is 3.49. The van der Waals surface area contributed by atoms with E-state index in [1.54, 1.807) is 28.4 Å². The number of nitrogens with zero attached hydrogens (tertiary/aromatic N) is 2. The highest BCUT2D eigenvalue weighted by Gasteiger charge is 2.40. The first-order valence-corrected chi connectivity index (χ1v) is 9.19. The van der Waals surface area contributed by atoms with Crippen molar-refractivity contribution in [3.63, 3.8) is 0 Å². The van der Waals surface area contributed by atoms with Gasteiger partial charge >= 0.3 is 0 Å². The molecule has 0 aromatic heterocycles. The molecule has 2 atom stereocenters. The number of likely N-dealkylation sites (N-methyl/N-ethyl adjacent to an activating group) is 1. The van der Waals surface area contributed by atoms with Gasteiger partial charge < -0.3 is 23.4 Å². The Bertz CT molecular complexity index is 906. The van der Waals surface area contributed by atoms with Gasteiger partial charge in [0.2, 0.25) is 6.04 Å². The van der Waals surface area contributed by atoms with Crippen LogP contribution >= 0.6 is 0 Å². The molecule has 0 bridgehead atoms. The zero-order valence-electron chi connectivity index (χ0n) is 17.1. The maximum absolute atomic E-state index is 10.0. The SMILES string of the molecule is COc1ccc(C[N+]2(C)CCc3cc(OC)c(OC)cc3C2C#N)cc1OC. The molecule has 28 heavy (non-hydrogen) atoms. The van der Waals surface area contributed by atoms with Crippen LogP contribution < -0.4 is 18.9 Å². The van der Waals surface area contributed by atoms with Crippen LogP contribution in [0.1, 0.15) is 22.7 Å². The fourth-order valence-electron chi connectivity index (χ4n) is 4.02. The fraction of sp³-hybridized carbons (Fsp3) is 0.409. The van der Waals surface area contributed by atoms with Crippen LogP contribution in [0.2, 0.25) is 0 Å². The van der Waals surface area contributed by atoms with Gasteiger partial charge in [-0.25, -0.2) is 0 Å². The van der Waals surface area contributed by atoms with Gasteiger partial charge in [-0.2, -0.15) is 5.26 Å². The van der Waals surface area contributed by atoms with Crippen LogP contribution in [0.3, 0.4) is 0 Å². The number of quaternary nitrogens is 1. The van der Waals surface area contributed by atoms with Gasteiger partial charge in [-0.3, -0.25) is 0 Å². The second kappa shape index (κ2) is 7.99. The lowest BCUT2D eigenvalue weighted by atomic mass is 9.90. The minimum absolute atomic E-state index is 0.295. The number of benzene rings is 2. The molecule has 1 aliphatic rings. The van der Waals surface area contributed by atoms with Crippen molar-refractivity contribution in [1.29, 1.82) is 5.26 Å².